The minimum absolute atomic E-state index is 0.00852. The van der Waals surface area contributed by atoms with Gasteiger partial charge in [-0.1, -0.05) is 18.2 Å². The van der Waals surface area contributed by atoms with Crippen molar-refractivity contribution in [2.45, 2.75) is 25.4 Å². The first kappa shape index (κ1) is 16.5. The summed E-state index contributed by atoms with van der Waals surface area (Å²) < 4.78 is 5.10. The first-order chi connectivity index (χ1) is 10.7. The SMILES string of the molecule is COc1ccc(CCC(=O)NCC[C@H](O)c2cccs2)cc1. The summed E-state index contributed by atoms with van der Waals surface area (Å²) in [5, 5.41) is 14.7. The second kappa shape index (κ2) is 8.56. The van der Waals surface area contributed by atoms with Gasteiger partial charge in [-0.15, -0.1) is 11.3 Å². The summed E-state index contributed by atoms with van der Waals surface area (Å²) in [5.41, 5.74) is 1.11. The van der Waals surface area contributed by atoms with Crippen LogP contribution in [-0.4, -0.2) is 24.7 Å². The Balaban J connectivity index is 1.65. The molecule has 118 valence electrons. The van der Waals surface area contributed by atoms with Crippen molar-refractivity contribution in [1.82, 2.24) is 5.32 Å². The van der Waals surface area contributed by atoms with Gasteiger partial charge in [0.1, 0.15) is 5.75 Å². The number of methoxy groups -OCH3 is 1. The van der Waals surface area contributed by atoms with Gasteiger partial charge in [0.25, 0.3) is 0 Å². The second-order valence-corrected chi connectivity index (χ2v) is 6.00. The summed E-state index contributed by atoms with van der Waals surface area (Å²) in [5.74, 6) is 0.824. The topological polar surface area (TPSA) is 58.6 Å². The molecule has 1 atom stereocenters. The quantitative estimate of drug-likeness (QED) is 0.786. The smallest absolute Gasteiger partial charge is 0.220 e. The molecule has 0 bridgehead atoms. The molecule has 0 spiro atoms. The molecule has 0 aliphatic rings. The number of rotatable bonds is 8. The molecule has 1 aromatic carbocycles. The van der Waals surface area contributed by atoms with E-state index in [-0.39, 0.29) is 5.91 Å². The van der Waals surface area contributed by atoms with Crippen LogP contribution in [0.5, 0.6) is 5.75 Å². The number of nitrogens with one attached hydrogen (secondary N) is 1. The monoisotopic (exact) mass is 319 g/mol. The number of hydrogen-bond donors (Lipinski definition) is 2. The number of thiophene rings is 1. The average Bonchev–Trinajstić information content (AvgIpc) is 3.08. The van der Waals surface area contributed by atoms with Gasteiger partial charge in [-0.2, -0.15) is 0 Å². The normalized spacial score (nSPS) is 11.9. The van der Waals surface area contributed by atoms with Crippen molar-refractivity contribution < 1.29 is 14.6 Å². The van der Waals surface area contributed by atoms with E-state index in [0.717, 1.165) is 16.2 Å². The summed E-state index contributed by atoms with van der Waals surface area (Å²) in [7, 11) is 1.63. The number of ether oxygens (including phenoxy) is 1. The number of carbonyl (C=O) groups excluding carboxylic acids is 1. The van der Waals surface area contributed by atoms with Crippen molar-refractivity contribution in [2.24, 2.45) is 0 Å². The van der Waals surface area contributed by atoms with Crippen LogP contribution < -0.4 is 10.1 Å². The van der Waals surface area contributed by atoms with Crippen molar-refractivity contribution in [3.63, 3.8) is 0 Å². The Morgan fingerprint density at radius 2 is 2.09 bits per heavy atom. The number of hydrogen-bond acceptors (Lipinski definition) is 4. The third-order valence-electron chi connectivity index (χ3n) is 3.41. The molecule has 22 heavy (non-hydrogen) atoms. The maximum atomic E-state index is 11.8. The molecule has 2 aromatic rings. The van der Waals surface area contributed by atoms with E-state index in [9.17, 15) is 9.90 Å². The lowest BCUT2D eigenvalue weighted by molar-refractivity contribution is -0.121. The van der Waals surface area contributed by atoms with Crippen LogP contribution in [0.25, 0.3) is 0 Å². The minimum Gasteiger partial charge on any atom is -0.497 e. The Hall–Kier alpha value is -1.85. The van der Waals surface area contributed by atoms with E-state index < -0.39 is 6.10 Å². The number of carbonyl (C=O) groups is 1. The molecule has 1 heterocycles. The fourth-order valence-electron chi connectivity index (χ4n) is 2.11. The molecule has 2 rings (SSSR count). The number of aliphatic hydroxyl groups excluding tert-OH is 1. The van der Waals surface area contributed by atoms with Crippen molar-refractivity contribution in [1.29, 1.82) is 0 Å². The largest absolute Gasteiger partial charge is 0.497 e. The van der Waals surface area contributed by atoms with Gasteiger partial charge in [0.05, 0.1) is 13.2 Å². The van der Waals surface area contributed by atoms with Gasteiger partial charge in [0.15, 0.2) is 0 Å². The van der Waals surface area contributed by atoms with Crippen molar-refractivity contribution >= 4 is 17.2 Å². The van der Waals surface area contributed by atoms with Crippen LogP contribution in [0.15, 0.2) is 41.8 Å². The summed E-state index contributed by atoms with van der Waals surface area (Å²) >= 11 is 1.53. The maximum absolute atomic E-state index is 11.8. The molecule has 1 aromatic heterocycles. The van der Waals surface area contributed by atoms with Gasteiger partial charge >= 0.3 is 0 Å². The standard InChI is InChI=1S/C17H21NO3S/c1-21-14-7-4-13(5-8-14)6-9-17(20)18-11-10-15(19)16-3-2-12-22-16/h2-5,7-8,12,15,19H,6,9-11H2,1H3,(H,18,20)/t15-/m0/s1. The van der Waals surface area contributed by atoms with Gasteiger partial charge in [0, 0.05) is 17.8 Å². The van der Waals surface area contributed by atoms with E-state index in [1.165, 1.54) is 11.3 Å². The highest BCUT2D eigenvalue weighted by molar-refractivity contribution is 7.10. The lowest BCUT2D eigenvalue weighted by Crippen LogP contribution is -2.25. The third-order valence-corrected chi connectivity index (χ3v) is 4.38. The molecule has 2 N–H and O–H groups in total. The zero-order chi connectivity index (χ0) is 15.8. The predicted molar refractivity (Wildman–Crippen MR) is 88.2 cm³/mol. The predicted octanol–water partition coefficient (Wildman–Crippen LogP) is 2.93. The average molecular weight is 319 g/mol. The Morgan fingerprint density at radius 3 is 2.73 bits per heavy atom. The molecule has 0 aliphatic carbocycles. The Morgan fingerprint density at radius 1 is 1.32 bits per heavy atom. The number of benzene rings is 1. The molecule has 4 nitrogen and oxygen atoms in total. The van der Waals surface area contributed by atoms with Crippen LogP contribution >= 0.6 is 11.3 Å². The first-order valence-corrected chi connectivity index (χ1v) is 8.18. The fourth-order valence-corrected chi connectivity index (χ4v) is 2.86. The molecule has 1 amide bonds. The van der Waals surface area contributed by atoms with E-state index in [4.69, 9.17) is 4.74 Å². The maximum Gasteiger partial charge on any atom is 0.220 e. The molecule has 5 heteroatoms. The molecule has 0 aliphatic heterocycles. The van der Waals surface area contributed by atoms with Gasteiger partial charge in [0.2, 0.25) is 5.91 Å². The molecule has 0 saturated carbocycles. The molecule has 0 fully saturated rings. The molecule has 0 saturated heterocycles. The van der Waals surface area contributed by atoms with Crippen LogP contribution in [0, 0.1) is 0 Å². The van der Waals surface area contributed by atoms with Gasteiger partial charge in [-0.3, -0.25) is 4.79 Å². The minimum atomic E-state index is -0.498. The molecule has 0 radical (unpaired) electrons. The molecular weight excluding hydrogens is 298 g/mol. The highest BCUT2D eigenvalue weighted by Gasteiger charge is 2.09. The van der Waals surface area contributed by atoms with E-state index in [2.05, 4.69) is 5.32 Å². The number of aryl methyl sites for hydroxylation is 1. The number of aliphatic hydroxyl groups is 1. The summed E-state index contributed by atoms with van der Waals surface area (Å²) in [6.45, 7) is 0.487. The zero-order valence-corrected chi connectivity index (χ0v) is 13.4. The van der Waals surface area contributed by atoms with Crippen LogP contribution in [0.4, 0.5) is 0 Å². The highest BCUT2D eigenvalue weighted by Crippen LogP contribution is 2.20. The van der Waals surface area contributed by atoms with Crippen LogP contribution in [-0.2, 0) is 11.2 Å². The van der Waals surface area contributed by atoms with E-state index in [0.29, 0.717) is 25.8 Å². The lowest BCUT2D eigenvalue weighted by atomic mass is 10.1. The lowest BCUT2D eigenvalue weighted by Gasteiger charge is -2.09. The van der Waals surface area contributed by atoms with Gasteiger partial charge in [-0.05, 0) is 42.0 Å². The third kappa shape index (κ3) is 5.16. The number of amides is 1. The second-order valence-electron chi connectivity index (χ2n) is 5.02. The Labute approximate surface area is 134 Å². The molecule has 0 unspecified atom stereocenters. The van der Waals surface area contributed by atoms with Crippen LogP contribution in [0.2, 0.25) is 0 Å². The first-order valence-electron chi connectivity index (χ1n) is 7.30. The van der Waals surface area contributed by atoms with Gasteiger partial charge < -0.3 is 15.2 Å². The Kier molecular flexibility index (Phi) is 6.43. The summed E-state index contributed by atoms with van der Waals surface area (Å²) in [6.07, 6.45) is 1.18. The molecular formula is C17H21NO3S. The van der Waals surface area contributed by atoms with Crippen molar-refractivity contribution in [3.8, 4) is 5.75 Å². The van der Waals surface area contributed by atoms with E-state index in [1.807, 2.05) is 41.8 Å². The Bertz CT molecular complexity index is 566. The van der Waals surface area contributed by atoms with E-state index >= 15 is 0 Å². The van der Waals surface area contributed by atoms with Crippen molar-refractivity contribution in [2.75, 3.05) is 13.7 Å². The van der Waals surface area contributed by atoms with Gasteiger partial charge in [-0.25, -0.2) is 0 Å². The summed E-state index contributed by atoms with van der Waals surface area (Å²) in [6, 6.07) is 11.5. The highest BCUT2D eigenvalue weighted by atomic mass is 32.1. The van der Waals surface area contributed by atoms with Crippen LogP contribution in [0.1, 0.15) is 29.4 Å². The van der Waals surface area contributed by atoms with E-state index in [1.54, 1.807) is 7.11 Å². The fraction of sp³-hybridized carbons (Fsp3) is 0.353. The summed E-state index contributed by atoms with van der Waals surface area (Å²) in [4.78, 5) is 12.7. The zero-order valence-electron chi connectivity index (χ0n) is 12.6. The van der Waals surface area contributed by atoms with Crippen LogP contribution in [0.3, 0.4) is 0 Å². The van der Waals surface area contributed by atoms with Crippen molar-refractivity contribution in [3.05, 3.63) is 52.2 Å².